The van der Waals surface area contributed by atoms with E-state index in [-0.39, 0.29) is 30.4 Å². The zero-order valence-electron chi connectivity index (χ0n) is 16.5. The monoisotopic (exact) mass is 400 g/mol. The summed E-state index contributed by atoms with van der Waals surface area (Å²) < 4.78 is 22.2. The number of furan rings is 1. The molecule has 0 radical (unpaired) electrons. The van der Waals surface area contributed by atoms with Gasteiger partial charge in [0.2, 0.25) is 0 Å². The van der Waals surface area contributed by atoms with E-state index in [1.165, 1.54) is 6.92 Å². The molecule has 29 heavy (non-hydrogen) atoms. The van der Waals surface area contributed by atoms with Crippen LogP contribution in [0.25, 0.3) is 0 Å². The first-order valence-electron chi connectivity index (χ1n) is 10.2. The van der Waals surface area contributed by atoms with Crippen molar-refractivity contribution < 1.29 is 33.0 Å². The predicted octanol–water partition coefficient (Wildman–Crippen LogP) is 3.11. The molecule has 154 valence electrons. The van der Waals surface area contributed by atoms with Crippen molar-refractivity contribution in [3.8, 4) is 0 Å². The van der Waals surface area contributed by atoms with Crippen molar-refractivity contribution in [3.63, 3.8) is 0 Å². The summed E-state index contributed by atoms with van der Waals surface area (Å²) >= 11 is 0. The summed E-state index contributed by atoms with van der Waals surface area (Å²) in [6.07, 6.45) is 6.90. The largest absolute Gasteiger partial charge is 0.472 e. The lowest BCUT2D eigenvalue weighted by Gasteiger charge is -2.54. The minimum Gasteiger partial charge on any atom is -0.472 e. The highest BCUT2D eigenvalue weighted by Crippen LogP contribution is 2.67. The maximum absolute atomic E-state index is 13.4. The smallest absolute Gasteiger partial charge is 0.317 e. The van der Waals surface area contributed by atoms with Gasteiger partial charge in [0.15, 0.2) is 0 Å². The van der Waals surface area contributed by atoms with E-state index >= 15 is 0 Å². The van der Waals surface area contributed by atoms with Crippen LogP contribution >= 0.6 is 0 Å². The highest BCUT2D eigenvalue weighted by Gasteiger charge is 2.72. The fraction of sp³-hybridized carbons (Fsp3) is 0.591. The van der Waals surface area contributed by atoms with Gasteiger partial charge in [-0.25, -0.2) is 0 Å². The lowest BCUT2D eigenvalue weighted by atomic mass is 9.46. The molecule has 0 aromatic carbocycles. The molecule has 5 rings (SSSR count). The maximum atomic E-state index is 13.4. The fourth-order valence-corrected chi connectivity index (χ4v) is 6.31. The Morgan fingerprint density at radius 2 is 2.10 bits per heavy atom. The molecule has 2 aliphatic heterocycles. The first-order chi connectivity index (χ1) is 13.9. The lowest BCUT2D eigenvalue weighted by molar-refractivity contribution is -0.165. The maximum Gasteiger partial charge on any atom is 0.317 e. The molecule has 1 aromatic heterocycles. The Balaban J connectivity index is 1.63. The van der Waals surface area contributed by atoms with Crippen molar-refractivity contribution in [2.75, 3.05) is 6.61 Å². The summed E-state index contributed by atoms with van der Waals surface area (Å²) in [4.78, 5) is 37.8. The van der Waals surface area contributed by atoms with E-state index in [9.17, 15) is 14.4 Å². The summed E-state index contributed by atoms with van der Waals surface area (Å²) in [5, 5.41) is 0. The molecule has 1 aromatic rings. The Morgan fingerprint density at radius 3 is 2.83 bits per heavy atom. The van der Waals surface area contributed by atoms with Gasteiger partial charge in [-0.05, 0) is 37.8 Å². The van der Waals surface area contributed by atoms with E-state index in [4.69, 9.17) is 18.6 Å². The van der Waals surface area contributed by atoms with Gasteiger partial charge in [0.05, 0.1) is 29.3 Å². The first kappa shape index (κ1) is 18.5. The third-order valence-electron chi connectivity index (χ3n) is 7.60. The van der Waals surface area contributed by atoms with Crippen molar-refractivity contribution in [1.82, 2.24) is 0 Å². The van der Waals surface area contributed by atoms with Crippen LogP contribution in [-0.4, -0.2) is 30.6 Å². The Bertz CT molecular complexity index is 900. The van der Waals surface area contributed by atoms with Crippen LogP contribution in [0.5, 0.6) is 0 Å². The molecule has 4 aliphatic rings. The number of carbonyl (C=O) groups excluding carboxylic acids is 3. The van der Waals surface area contributed by atoms with Gasteiger partial charge in [0, 0.05) is 18.9 Å². The normalized spacial score (nSPS) is 40.3. The molecule has 3 heterocycles. The SMILES string of the molecule is CC(=O)OC[C@]12[C@@H]3C=C(C)[C@@]4(C[C@@H](c5ccoc5)OC4=O)[C@H]1CCC[C@H]2C(=O)O3. The van der Waals surface area contributed by atoms with Gasteiger partial charge in [-0.15, -0.1) is 0 Å². The van der Waals surface area contributed by atoms with Gasteiger partial charge in [0.1, 0.15) is 18.8 Å². The highest BCUT2D eigenvalue weighted by atomic mass is 16.6. The number of cyclic esters (lactones) is 1. The molecule has 0 amide bonds. The Hall–Kier alpha value is -2.57. The molecule has 0 unspecified atom stereocenters. The summed E-state index contributed by atoms with van der Waals surface area (Å²) in [7, 11) is 0. The molecule has 1 spiro atoms. The van der Waals surface area contributed by atoms with Gasteiger partial charge in [-0.2, -0.15) is 0 Å². The third kappa shape index (κ3) is 2.33. The lowest BCUT2D eigenvalue weighted by Crippen LogP contribution is -2.59. The minimum absolute atomic E-state index is 0.0727. The summed E-state index contributed by atoms with van der Waals surface area (Å²) in [5.74, 6) is -1.51. The second-order valence-electron chi connectivity index (χ2n) is 8.76. The van der Waals surface area contributed by atoms with E-state index < -0.39 is 29.0 Å². The van der Waals surface area contributed by atoms with Crippen LogP contribution in [0.2, 0.25) is 0 Å². The van der Waals surface area contributed by atoms with Crippen LogP contribution in [0.1, 0.15) is 51.2 Å². The van der Waals surface area contributed by atoms with Crippen LogP contribution in [0.4, 0.5) is 0 Å². The van der Waals surface area contributed by atoms with Crippen molar-refractivity contribution >= 4 is 17.9 Å². The van der Waals surface area contributed by atoms with E-state index in [1.54, 1.807) is 12.5 Å². The number of carbonyl (C=O) groups is 3. The number of fused-ring (bicyclic) bond motifs is 1. The summed E-state index contributed by atoms with van der Waals surface area (Å²) in [5.41, 5.74) is 0.110. The van der Waals surface area contributed by atoms with Gasteiger partial charge in [0.25, 0.3) is 0 Å². The molecular formula is C22H24O7. The van der Waals surface area contributed by atoms with Crippen LogP contribution in [0, 0.1) is 22.7 Å². The van der Waals surface area contributed by atoms with Crippen molar-refractivity contribution in [2.45, 2.75) is 51.7 Å². The topological polar surface area (TPSA) is 92.0 Å². The number of hydrogen-bond acceptors (Lipinski definition) is 7. The average Bonchev–Trinajstić information content (AvgIpc) is 3.38. The highest BCUT2D eigenvalue weighted by molar-refractivity contribution is 5.86. The van der Waals surface area contributed by atoms with Crippen LogP contribution < -0.4 is 0 Å². The molecule has 2 aliphatic carbocycles. The molecule has 7 nitrogen and oxygen atoms in total. The number of esters is 3. The minimum atomic E-state index is -0.856. The molecule has 3 fully saturated rings. The van der Waals surface area contributed by atoms with Gasteiger partial charge in [-0.1, -0.05) is 12.0 Å². The van der Waals surface area contributed by atoms with E-state index in [2.05, 4.69) is 0 Å². The van der Waals surface area contributed by atoms with Crippen molar-refractivity contribution in [1.29, 1.82) is 0 Å². The molecule has 0 N–H and O–H groups in total. The first-order valence-corrected chi connectivity index (χ1v) is 10.2. The molecule has 7 heteroatoms. The van der Waals surface area contributed by atoms with Crippen molar-refractivity contribution in [3.05, 3.63) is 35.8 Å². The van der Waals surface area contributed by atoms with Gasteiger partial charge < -0.3 is 18.6 Å². The second-order valence-corrected chi connectivity index (χ2v) is 8.76. The van der Waals surface area contributed by atoms with Gasteiger partial charge in [-0.3, -0.25) is 14.4 Å². The molecule has 1 saturated carbocycles. The quantitative estimate of drug-likeness (QED) is 0.437. The van der Waals surface area contributed by atoms with E-state index in [1.807, 2.05) is 19.1 Å². The van der Waals surface area contributed by atoms with E-state index in [0.717, 1.165) is 24.0 Å². The molecule has 2 saturated heterocycles. The van der Waals surface area contributed by atoms with E-state index in [0.29, 0.717) is 12.8 Å². The third-order valence-corrected chi connectivity index (χ3v) is 7.60. The van der Waals surface area contributed by atoms with Crippen LogP contribution in [-0.2, 0) is 28.6 Å². The molecule has 6 atom stereocenters. The van der Waals surface area contributed by atoms with Crippen molar-refractivity contribution in [2.24, 2.45) is 22.7 Å². The Morgan fingerprint density at radius 1 is 1.28 bits per heavy atom. The number of hydrogen-bond donors (Lipinski definition) is 0. The Labute approximate surface area is 168 Å². The number of ether oxygens (including phenoxy) is 3. The summed E-state index contributed by atoms with van der Waals surface area (Å²) in [6.45, 7) is 3.35. The summed E-state index contributed by atoms with van der Waals surface area (Å²) in [6, 6.07) is 1.81. The fourth-order valence-electron chi connectivity index (χ4n) is 6.31. The average molecular weight is 400 g/mol. The number of rotatable bonds is 3. The standard InChI is InChI=1S/C22H24O7/c1-12-8-18-22(11-27-13(2)23)15(19(24)29-18)4-3-5-17(22)21(12)9-16(28-20(21)25)14-6-7-26-10-14/h6-8,10,15-18H,3-5,9,11H2,1-2H3/t15-,16-,17+,18-,21-,22+/m0/s1. The molecule has 0 bridgehead atoms. The zero-order valence-corrected chi connectivity index (χ0v) is 16.5. The van der Waals surface area contributed by atoms with Crippen LogP contribution in [0.3, 0.4) is 0 Å². The Kier molecular flexibility index (Phi) is 3.95. The van der Waals surface area contributed by atoms with Crippen LogP contribution in [0.15, 0.2) is 34.7 Å². The second kappa shape index (κ2) is 6.21. The predicted molar refractivity (Wildman–Crippen MR) is 98.1 cm³/mol. The van der Waals surface area contributed by atoms with Gasteiger partial charge >= 0.3 is 17.9 Å². The zero-order chi connectivity index (χ0) is 20.4. The molecular weight excluding hydrogens is 376 g/mol.